The molecule has 0 aliphatic carbocycles. The molecule has 5 heteroatoms. The summed E-state index contributed by atoms with van der Waals surface area (Å²) in [5, 5.41) is 3.04. The van der Waals surface area contributed by atoms with Crippen LogP contribution in [0.1, 0.15) is 22.3 Å². The Morgan fingerprint density at radius 3 is 1.67 bits per heavy atom. The van der Waals surface area contributed by atoms with Crippen LogP contribution in [0.15, 0.2) is 115 Å². The number of methoxy groups -OCH3 is 2. The normalized spacial score (nSPS) is 11.8. The van der Waals surface area contributed by atoms with Crippen LogP contribution in [0.3, 0.4) is 0 Å². The van der Waals surface area contributed by atoms with E-state index in [-0.39, 0.29) is 12.3 Å². The number of benzene rings is 4. The molecular formula is C31H29NO4. The molecule has 5 nitrogen and oxygen atoms in total. The average Bonchev–Trinajstić information content (AvgIpc) is 2.94. The molecule has 0 saturated heterocycles. The quantitative estimate of drug-likeness (QED) is 0.273. The molecule has 0 fully saturated rings. The van der Waals surface area contributed by atoms with E-state index >= 15 is 0 Å². The first-order valence-electron chi connectivity index (χ1n) is 11.8. The Balaban J connectivity index is 1.83. The lowest BCUT2D eigenvalue weighted by atomic mass is 9.68. The smallest absolute Gasteiger partial charge is 0.328 e. The molecule has 0 aromatic heterocycles. The van der Waals surface area contributed by atoms with Crippen molar-refractivity contribution in [1.82, 2.24) is 5.32 Å². The summed E-state index contributed by atoms with van der Waals surface area (Å²) in [6, 6.07) is 35.4. The van der Waals surface area contributed by atoms with Crippen molar-refractivity contribution < 1.29 is 19.1 Å². The van der Waals surface area contributed by atoms with Gasteiger partial charge in [-0.15, -0.1) is 0 Å². The van der Waals surface area contributed by atoms with Crippen LogP contribution in [0.5, 0.6) is 5.75 Å². The van der Waals surface area contributed by atoms with Crippen LogP contribution in [0.25, 0.3) is 0 Å². The second-order valence-corrected chi connectivity index (χ2v) is 8.45. The summed E-state index contributed by atoms with van der Waals surface area (Å²) >= 11 is 0. The number of carbonyl (C=O) groups is 2. The molecule has 1 amide bonds. The molecule has 0 aliphatic heterocycles. The van der Waals surface area contributed by atoms with E-state index in [9.17, 15) is 9.59 Å². The highest BCUT2D eigenvalue weighted by molar-refractivity contribution is 5.98. The van der Waals surface area contributed by atoms with Crippen molar-refractivity contribution in [2.75, 3.05) is 14.2 Å². The van der Waals surface area contributed by atoms with Gasteiger partial charge in [0.1, 0.15) is 17.2 Å². The maximum Gasteiger partial charge on any atom is 0.328 e. The molecule has 0 aliphatic rings. The molecule has 0 radical (unpaired) electrons. The van der Waals surface area contributed by atoms with E-state index in [0.717, 1.165) is 22.3 Å². The topological polar surface area (TPSA) is 64.6 Å². The standard InChI is InChI=1S/C31H29NO4/c1-35-27-20-12-13-23(21-27)22-28(29(33)36-2)32-30(34)31(24-14-6-3-7-15-24,25-16-8-4-9-17-25)26-18-10-5-11-19-26/h3-21,28H,22H2,1-2H3,(H,32,34)/t28-/m1/s1. The van der Waals surface area contributed by atoms with Gasteiger partial charge in [0.05, 0.1) is 14.2 Å². The summed E-state index contributed by atoms with van der Waals surface area (Å²) < 4.78 is 10.4. The van der Waals surface area contributed by atoms with Gasteiger partial charge in [-0.2, -0.15) is 0 Å². The maximum atomic E-state index is 14.5. The molecule has 1 atom stereocenters. The van der Waals surface area contributed by atoms with Gasteiger partial charge in [-0.3, -0.25) is 4.79 Å². The molecule has 36 heavy (non-hydrogen) atoms. The van der Waals surface area contributed by atoms with E-state index in [0.29, 0.717) is 5.75 Å². The number of ether oxygens (including phenoxy) is 2. The fourth-order valence-corrected chi connectivity index (χ4v) is 4.59. The second-order valence-electron chi connectivity index (χ2n) is 8.45. The minimum Gasteiger partial charge on any atom is -0.497 e. The summed E-state index contributed by atoms with van der Waals surface area (Å²) in [7, 11) is 2.92. The predicted molar refractivity (Wildman–Crippen MR) is 140 cm³/mol. The number of hydrogen-bond acceptors (Lipinski definition) is 4. The minimum atomic E-state index is -1.19. The average molecular weight is 480 g/mol. The van der Waals surface area contributed by atoms with Crippen molar-refractivity contribution in [3.8, 4) is 5.75 Å². The molecule has 4 aromatic carbocycles. The van der Waals surface area contributed by atoms with E-state index in [1.54, 1.807) is 7.11 Å². The lowest BCUT2D eigenvalue weighted by Gasteiger charge is -2.35. The molecule has 182 valence electrons. The number of carbonyl (C=O) groups excluding carboxylic acids is 2. The molecular weight excluding hydrogens is 450 g/mol. The SMILES string of the molecule is COC(=O)[C@@H](Cc1cccc(OC)c1)NC(=O)C(c1ccccc1)(c1ccccc1)c1ccccc1. The first-order valence-corrected chi connectivity index (χ1v) is 11.8. The second kappa shape index (κ2) is 11.4. The highest BCUT2D eigenvalue weighted by atomic mass is 16.5. The number of nitrogens with one attached hydrogen (secondary N) is 1. The Bertz CT molecular complexity index is 1190. The van der Waals surface area contributed by atoms with Crippen molar-refractivity contribution >= 4 is 11.9 Å². The largest absolute Gasteiger partial charge is 0.497 e. The van der Waals surface area contributed by atoms with Gasteiger partial charge in [-0.25, -0.2) is 4.79 Å². The fraction of sp³-hybridized carbons (Fsp3) is 0.161. The van der Waals surface area contributed by atoms with Gasteiger partial charge >= 0.3 is 5.97 Å². The highest BCUT2D eigenvalue weighted by Gasteiger charge is 2.45. The Morgan fingerprint density at radius 1 is 0.722 bits per heavy atom. The van der Waals surface area contributed by atoms with Crippen LogP contribution in [0.2, 0.25) is 0 Å². The van der Waals surface area contributed by atoms with Gasteiger partial charge < -0.3 is 14.8 Å². The van der Waals surface area contributed by atoms with E-state index in [4.69, 9.17) is 9.47 Å². The molecule has 0 unspecified atom stereocenters. The Hall–Kier alpha value is -4.38. The zero-order valence-electron chi connectivity index (χ0n) is 20.4. The Morgan fingerprint density at radius 2 is 1.22 bits per heavy atom. The van der Waals surface area contributed by atoms with Crippen LogP contribution in [0, 0.1) is 0 Å². The van der Waals surface area contributed by atoms with Crippen LogP contribution in [-0.4, -0.2) is 32.1 Å². The third kappa shape index (κ3) is 5.01. The van der Waals surface area contributed by atoms with Crippen LogP contribution < -0.4 is 10.1 Å². The third-order valence-corrected chi connectivity index (χ3v) is 6.33. The third-order valence-electron chi connectivity index (χ3n) is 6.33. The summed E-state index contributed by atoms with van der Waals surface area (Å²) in [5.41, 5.74) is 2.04. The fourth-order valence-electron chi connectivity index (χ4n) is 4.59. The van der Waals surface area contributed by atoms with Crippen LogP contribution in [-0.2, 0) is 26.2 Å². The molecule has 0 bridgehead atoms. The molecule has 4 rings (SSSR count). The first-order chi connectivity index (χ1) is 17.6. The predicted octanol–water partition coefficient (Wildman–Crippen LogP) is 4.93. The molecule has 0 spiro atoms. The zero-order valence-corrected chi connectivity index (χ0v) is 20.4. The van der Waals surface area contributed by atoms with Gasteiger partial charge in [0.25, 0.3) is 0 Å². The van der Waals surface area contributed by atoms with E-state index in [1.165, 1.54) is 7.11 Å². The minimum absolute atomic E-state index is 0.254. The van der Waals surface area contributed by atoms with E-state index < -0.39 is 17.4 Å². The van der Waals surface area contributed by atoms with Gasteiger partial charge in [0, 0.05) is 6.42 Å². The first kappa shape index (κ1) is 24.7. The summed E-state index contributed by atoms with van der Waals surface area (Å²) in [6.07, 6.45) is 0.254. The van der Waals surface area contributed by atoms with Crippen molar-refractivity contribution in [2.24, 2.45) is 0 Å². The van der Waals surface area contributed by atoms with Crippen LogP contribution in [0.4, 0.5) is 0 Å². The Kier molecular flexibility index (Phi) is 7.81. The summed E-state index contributed by atoms with van der Waals surface area (Å²) in [6.45, 7) is 0. The molecule has 0 heterocycles. The molecule has 0 saturated carbocycles. The Labute approximate surface area is 211 Å². The van der Waals surface area contributed by atoms with Crippen LogP contribution >= 0.6 is 0 Å². The van der Waals surface area contributed by atoms with Crippen molar-refractivity contribution in [1.29, 1.82) is 0 Å². The van der Waals surface area contributed by atoms with Crippen molar-refractivity contribution in [3.05, 3.63) is 138 Å². The monoisotopic (exact) mass is 479 g/mol. The number of esters is 1. The lowest BCUT2D eigenvalue weighted by Crippen LogP contribution is -2.52. The zero-order chi connectivity index (χ0) is 25.4. The van der Waals surface area contributed by atoms with E-state index in [1.807, 2.05) is 115 Å². The van der Waals surface area contributed by atoms with Crippen molar-refractivity contribution in [3.63, 3.8) is 0 Å². The van der Waals surface area contributed by atoms with Gasteiger partial charge in [-0.05, 0) is 34.4 Å². The maximum absolute atomic E-state index is 14.5. The number of amides is 1. The lowest BCUT2D eigenvalue weighted by molar-refractivity contribution is -0.145. The van der Waals surface area contributed by atoms with Crippen molar-refractivity contribution in [2.45, 2.75) is 17.9 Å². The van der Waals surface area contributed by atoms with Gasteiger partial charge in [0.15, 0.2) is 0 Å². The number of hydrogen-bond donors (Lipinski definition) is 1. The molecule has 1 N–H and O–H groups in total. The highest BCUT2D eigenvalue weighted by Crippen LogP contribution is 2.39. The summed E-state index contributed by atoms with van der Waals surface area (Å²) in [4.78, 5) is 27.3. The summed E-state index contributed by atoms with van der Waals surface area (Å²) in [5.74, 6) is -0.159. The van der Waals surface area contributed by atoms with Gasteiger partial charge in [-0.1, -0.05) is 103 Å². The number of rotatable bonds is 9. The van der Waals surface area contributed by atoms with E-state index in [2.05, 4.69) is 5.32 Å². The molecule has 4 aromatic rings. The van der Waals surface area contributed by atoms with Gasteiger partial charge in [0.2, 0.25) is 5.91 Å².